The van der Waals surface area contributed by atoms with Crippen molar-refractivity contribution in [3.63, 3.8) is 0 Å². The maximum Gasteiger partial charge on any atom is 0.120 e. The molecule has 2 heterocycles. The van der Waals surface area contributed by atoms with Crippen molar-refractivity contribution in [2.24, 2.45) is 5.92 Å². The summed E-state index contributed by atoms with van der Waals surface area (Å²) in [7, 11) is 2.16. The highest BCUT2D eigenvalue weighted by atomic mass is 15.2. The number of rotatable bonds is 5. The Bertz CT molecular complexity index is 530. The van der Waals surface area contributed by atoms with Gasteiger partial charge < -0.3 is 4.98 Å². The molecule has 0 radical (unpaired) electrons. The third kappa shape index (κ3) is 2.84. The number of aromatic nitrogens is 3. The zero-order valence-electron chi connectivity index (χ0n) is 11.5. The number of aromatic amines is 1. The normalized spacial score (nSPS) is 16.8. The lowest BCUT2D eigenvalue weighted by Crippen LogP contribution is -2.27. The smallest absolute Gasteiger partial charge is 0.120 e. The molecule has 1 fully saturated rings. The topological polar surface area (TPSA) is 44.8 Å². The molecule has 0 saturated heterocycles. The van der Waals surface area contributed by atoms with E-state index in [1.165, 1.54) is 18.5 Å². The average molecular weight is 256 g/mol. The Morgan fingerprint density at radius 3 is 2.79 bits per heavy atom. The molecule has 0 amide bonds. The molecule has 1 saturated carbocycles. The molecule has 2 aromatic heterocycles. The largest absolute Gasteiger partial charge is 0.345 e. The van der Waals surface area contributed by atoms with Gasteiger partial charge in [0.2, 0.25) is 0 Å². The molecular formula is C15H20N4. The van der Waals surface area contributed by atoms with Crippen molar-refractivity contribution in [2.45, 2.75) is 32.4 Å². The number of hydrogen-bond donors (Lipinski definition) is 1. The van der Waals surface area contributed by atoms with E-state index < -0.39 is 0 Å². The predicted octanol–water partition coefficient (Wildman–Crippen LogP) is 2.70. The Kier molecular flexibility index (Phi) is 3.34. The maximum atomic E-state index is 4.54. The number of H-pyrrole nitrogens is 1. The maximum absolute atomic E-state index is 4.54. The monoisotopic (exact) mass is 256 g/mol. The van der Waals surface area contributed by atoms with E-state index in [2.05, 4.69) is 39.0 Å². The molecule has 3 rings (SSSR count). The predicted molar refractivity (Wildman–Crippen MR) is 74.5 cm³/mol. The van der Waals surface area contributed by atoms with Crippen LogP contribution in [-0.2, 0) is 6.54 Å². The molecule has 0 aliphatic heterocycles. The van der Waals surface area contributed by atoms with Gasteiger partial charge in [0.1, 0.15) is 5.82 Å². The minimum absolute atomic E-state index is 0.409. The first kappa shape index (κ1) is 12.4. The zero-order chi connectivity index (χ0) is 13.2. The molecule has 4 heteroatoms. The molecule has 0 spiro atoms. The van der Waals surface area contributed by atoms with Gasteiger partial charge in [-0.15, -0.1) is 0 Å². The molecule has 1 atom stereocenters. The van der Waals surface area contributed by atoms with Gasteiger partial charge in [0, 0.05) is 18.1 Å². The summed E-state index contributed by atoms with van der Waals surface area (Å²) in [5.74, 6) is 1.78. The van der Waals surface area contributed by atoms with Crippen LogP contribution < -0.4 is 0 Å². The lowest BCUT2D eigenvalue weighted by molar-refractivity contribution is 0.203. The third-order valence-corrected chi connectivity index (χ3v) is 3.69. The molecule has 2 aromatic rings. The molecule has 1 unspecified atom stereocenters. The number of hydrogen-bond acceptors (Lipinski definition) is 3. The summed E-state index contributed by atoms with van der Waals surface area (Å²) in [5, 5.41) is 0. The molecule has 4 nitrogen and oxygen atoms in total. The van der Waals surface area contributed by atoms with Crippen LogP contribution in [0, 0.1) is 12.8 Å². The van der Waals surface area contributed by atoms with Gasteiger partial charge in [-0.1, -0.05) is 6.07 Å². The van der Waals surface area contributed by atoms with E-state index in [1.807, 2.05) is 25.4 Å². The average Bonchev–Trinajstić information content (AvgIpc) is 3.14. The minimum Gasteiger partial charge on any atom is -0.345 e. The van der Waals surface area contributed by atoms with Gasteiger partial charge >= 0.3 is 0 Å². The van der Waals surface area contributed by atoms with E-state index >= 15 is 0 Å². The van der Waals surface area contributed by atoms with Crippen LogP contribution in [0.5, 0.6) is 0 Å². The quantitative estimate of drug-likeness (QED) is 0.894. The van der Waals surface area contributed by atoms with Gasteiger partial charge in [-0.2, -0.15) is 0 Å². The Labute approximate surface area is 113 Å². The van der Waals surface area contributed by atoms with E-state index in [0.717, 1.165) is 24.0 Å². The van der Waals surface area contributed by atoms with Crippen LogP contribution in [0.25, 0.3) is 0 Å². The summed E-state index contributed by atoms with van der Waals surface area (Å²) < 4.78 is 0. The van der Waals surface area contributed by atoms with E-state index in [1.54, 1.807) is 0 Å². The molecule has 0 bridgehead atoms. The lowest BCUT2D eigenvalue weighted by atomic mass is 10.1. The summed E-state index contributed by atoms with van der Waals surface area (Å²) >= 11 is 0. The summed E-state index contributed by atoms with van der Waals surface area (Å²) in [5.41, 5.74) is 2.29. The van der Waals surface area contributed by atoms with Crippen LogP contribution in [-0.4, -0.2) is 26.9 Å². The van der Waals surface area contributed by atoms with Crippen molar-refractivity contribution < 1.29 is 0 Å². The second-order valence-electron chi connectivity index (χ2n) is 5.46. The summed E-state index contributed by atoms with van der Waals surface area (Å²) in [6.45, 7) is 2.87. The Balaban J connectivity index is 1.77. The van der Waals surface area contributed by atoms with Crippen molar-refractivity contribution in [2.75, 3.05) is 7.05 Å². The number of nitrogens with zero attached hydrogens (tertiary/aromatic N) is 3. The fourth-order valence-corrected chi connectivity index (χ4v) is 2.67. The highest BCUT2D eigenvalue weighted by Crippen LogP contribution is 2.43. The summed E-state index contributed by atoms with van der Waals surface area (Å²) in [6.07, 6.45) is 6.39. The second-order valence-corrected chi connectivity index (χ2v) is 5.46. The van der Waals surface area contributed by atoms with Gasteiger partial charge in [-0.3, -0.25) is 9.88 Å². The van der Waals surface area contributed by atoms with Crippen molar-refractivity contribution in [3.8, 4) is 0 Å². The van der Waals surface area contributed by atoms with E-state index in [0.29, 0.717) is 6.04 Å². The van der Waals surface area contributed by atoms with Gasteiger partial charge in [0.15, 0.2) is 0 Å². The second kappa shape index (κ2) is 5.13. The van der Waals surface area contributed by atoms with Crippen LogP contribution in [0.2, 0.25) is 0 Å². The van der Waals surface area contributed by atoms with Crippen LogP contribution in [0.15, 0.2) is 30.6 Å². The van der Waals surface area contributed by atoms with Crippen LogP contribution in [0.4, 0.5) is 0 Å². The van der Waals surface area contributed by atoms with Gasteiger partial charge in [-0.05, 0) is 44.9 Å². The van der Waals surface area contributed by atoms with Crippen molar-refractivity contribution in [1.82, 2.24) is 19.9 Å². The lowest BCUT2D eigenvalue weighted by Gasteiger charge is -2.26. The standard InChI is InChI=1S/C15H20N4/c1-11-9-17-14(18-11)10-19(2)15(12-6-7-12)13-5-3-4-8-16-13/h3-5,8-9,12,15H,6-7,10H2,1-2H3,(H,17,18). The fraction of sp³-hybridized carbons (Fsp3) is 0.467. The van der Waals surface area contributed by atoms with Crippen molar-refractivity contribution in [3.05, 3.63) is 47.8 Å². The molecule has 1 N–H and O–H groups in total. The summed E-state index contributed by atoms with van der Waals surface area (Å²) in [6, 6.07) is 6.59. The Hall–Kier alpha value is -1.68. The van der Waals surface area contributed by atoms with E-state index in [-0.39, 0.29) is 0 Å². The minimum atomic E-state index is 0.409. The number of pyridine rings is 1. The highest BCUT2D eigenvalue weighted by molar-refractivity contribution is 5.12. The molecule has 100 valence electrons. The van der Waals surface area contributed by atoms with Gasteiger partial charge in [0.05, 0.1) is 18.3 Å². The Morgan fingerprint density at radius 2 is 2.21 bits per heavy atom. The molecular weight excluding hydrogens is 236 g/mol. The summed E-state index contributed by atoms with van der Waals surface area (Å²) in [4.78, 5) is 14.6. The first-order valence-electron chi connectivity index (χ1n) is 6.85. The third-order valence-electron chi connectivity index (χ3n) is 3.69. The van der Waals surface area contributed by atoms with Crippen molar-refractivity contribution in [1.29, 1.82) is 0 Å². The number of aryl methyl sites for hydroxylation is 1. The van der Waals surface area contributed by atoms with Crippen molar-refractivity contribution >= 4 is 0 Å². The van der Waals surface area contributed by atoms with Crippen LogP contribution >= 0.6 is 0 Å². The molecule has 1 aliphatic carbocycles. The fourth-order valence-electron chi connectivity index (χ4n) is 2.67. The van der Waals surface area contributed by atoms with E-state index in [4.69, 9.17) is 0 Å². The first-order valence-corrected chi connectivity index (χ1v) is 6.85. The first-order chi connectivity index (χ1) is 9.24. The molecule has 19 heavy (non-hydrogen) atoms. The molecule has 0 aromatic carbocycles. The van der Waals surface area contributed by atoms with E-state index in [9.17, 15) is 0 Å². The SMILES string of the molecule is Cc1cnc(CN(C)C(c2ccccn2)C2CC2)[nH]1. The number of nitrogens with one attached hydrogen (secondary N) is 1. The van der Waals surface area contributed by atoms with Crippen LogP contribution in [0.3, 0.4) is 0 Å². The zero-order valence-corrected chi connectivity index (χ0v) is 11.5. The Morgan fingerprint density at radius 1 is 1.37 bits per heavy atom. The van der Waals surface area contributed by atoms with Gasteiger partial charge in [0.25, 0.3) is 0 Å². The number of imidazole rings is 1. The highest BCUT2D eigenvalue weighted by Gasteiger charge is 2.35. The van der Waals surface area contributed by atoms with Gasteiger partial charge in [-0.25, -0.2) is 4.98 Å². The van der Waals surface area contributed by atoms with Crippen LogP contribution in [0.1, 0.15) is 36.1 Å². The molecule has 1 aliphatic rings.